The second-order valence-corrected chi connectivity index (χ2v) is 7.04. The van der Waals surface area contributed by atoms with E-state index in [4.69, 9.17) is 4.52 Å². The first kappa shape index (κ1) is 15.2. The molecule has 26 heavy (non-hydrogen) atoms. The molecular weight excluding hydrogens is 348 g/mol. The van der Waals surface area contributed by atoms with Crippen molar-refractivity contribution in [2.24, 2.45) is 0 Å². The van der Waals surface area contributed by atoms with E-state index in [-0.39, 0.29) is 11.8 Å². The van der Waals surface area contributed by atoms with Crippen LogP contribution in [0.5, 0.6) is 0 Å². The number of likely N-dealkylation sites (tertiary alicyclic amines) is 1. The Morgan fingerprint density at radius 3 is 2.85 bits per heavy atom. The summed E-state index contributed by atoms with van der Waals surface area (Å²) in [5.41, 5.74) is 2.25. The van der Waals surface area contributed by atoms with Gasteiger partial charge in [0.2, 0.25) is 11.7 Å². The predicted octanol–water partition coefficient (Wildman–Crippen LogP) is 3.59. The summed E-state index contributed by atoms with van der Waals surface area (Å²) in [6, 6.07) is 13.4. The minimum absolute atomic E-state index is 0.0652. The molecule has 1 saturated heterocycles. The zero-order valence-corrected chi connectivity index (χ0v) is 14.5. The van der Waals surface area contributed by atoms with Gasteiger partial charge in [-0.1, -0.05) is 29.4 Å². The molecule has 0 atom stereocenters. The summed E-state index contributed by atoms with van der Waals surface area (Å²) in [7, 11) is 0. The van der Waals surface area contributed by atoms with Gasteiger partial charge < -0.3 is 9.42 Å². The van der Waals surface area contributed by atoms with Gasteiger partial charge in [-0.25, -0.2) is 4.98 Å². The Labute approximate surface area is 153 Å². The molecule has 0 radical (unpaired) electrons. The SMILES string of the molecule is O=C(c1ccc2ccccc2n1)N1CC(c2nc(-c3ccsc3)no2)C1. The molecule has 0 bridgehead atoms. The van der Waals surface area contributed by atoms with Crippen LogP contribution in [0.15, 0.2) is 57.7 Å². The Balaban J connectivity index is 1.29. The van der Waals surface area contributed by atoms with Gasteiger partial charge in [-0.15, -0.1) is 0 Å². The summed E-state index contributed by atoms with van der Waals surface area (Å²) >= 11 is 1.59. The highest BCUT2D eigenvalue weighted by Gasteiger charge is 2.36. The topological polar surface area (TPSA) is 72.1 Å². The summed E-state index contributed by atoms with van der Waals surface area (Å²) in [5, 5.41) is 9.01. The van der Waals surface area contributed by atoms with E-state index in [9.17, 15) is 4.79 Å². The number of fused-ring (bicyclic) bond motifs is 1. The first-order chi connectivity index (χ1) is 12.8. The number of rotatable bonds is 3. The van der Waals surface area contributed by atoms with Gasteiger partial charge in [0.05, 0.1) is 11.4 Å². The van der Waals surface area contributed by atoms with Crippen LogP contribution < -0.4 is 0 Å². The summed E-state index contributed by atoms with van der Waals surface area (Å²) in [4.78, 5) is 23.3. The number of para-hydroxylation sites is 1. The monoisotopic (exact) mass is 362 g/mol. The average Bonchev–Trinajstić information content (AvgIpc) is 3.31. The number of carbonyl (C=O) groups excluding carboxylic acids is 1. The molecule has 0 unspecified atom stereocenters. The molecule has 0 aliphatic carbocycles. The normalized spacial score (nSPS) is 14.5. The fourth-order valence-corrected chi connectivity index (χ4v) is 3.69. The van der Waals surface area contributed by atoms with Crippen LogP contribution in [-0.2, 0) is 0 Å². The smallest absolute Gasteiger partial charge is 0.272 e. The molecule has 0 saturated carbocycles. The zero-order valence-electron chi connectivity index (χ0n) is 13.7. The maximum absolute atomic E-state index is 12.6. The molecule has 5 rings (SSSR count). The summed E-state index contributed by atoms with van der Waals surface area (Å²) in [6.45, 7) is 1.14. The van der Waals surface area contributed by atoms with Crippen LogP contribution in [-0.4, -0.2) is 39.0 Å². The molecule has 7 heteroatoms. The third-order valence-corrected chi connectivity index (χ3v) is 5.24. The van der Waals surface area contributed by atoms with Gasteiger partial charge in [0.25, 0.3) is 5.91 Å². The number of hydrogen-bond acceptors (Lipinski definition) is 6. The van der Waals surface area contributed by atoms with E-state index in [1.54, 1.807) is 22.3 Å². The maximum Gasteiger partial charge on any atom is 0.272 e. The number of carbonyl (C=O) groups is 1. The second-order valence-electron chi connectivity index (χ2n) is 6.26. The molecule has 1 aromatic carbocycles. The quantitative estimate of drug-likeness (QED) is 0.557. The van der Waals surface area contributed by atoms with Gasteiger partial charge >= 0.3 is 0 Å². The molecule has 3 aromatic heterocycles. The van der Waals surface area contributed by atoms with E-state index in [1.165, 1.54) is 0 Å². The van der Waals surface area contributed by atoms with Crippen LogP contribution in [0, 0.1) is 0 Å². The Bertz CT molecular complexity index is 1080. The molecule has 1 amide bonds. The lowest BCUT2D eigenvalue weighted by Gasteiger charge is -2.36. The van der Waals surface area contributed by atoms with Crippen molar-refractivity contribution in [1.29, 1.82) is 0 Å². The number of nitrogens with zero attached hydrogens (tertiary/aromatic N) is 4. The number of pyridine rings is 1. The van der Waals surface area contributed by atoms with Gasteiger partial charge in [-0.05, 0) is 23.6 Å². The number of amides is 1. The fraction of sp³-hybridized carbons (Fsp3) is 0.158. The van der Waals surface area contributed by atoms with Crippen molar-refractivity contribution in [3.63, 3.8) is 0 Å². The van der Waals surface area contributed by atoms with Gasteiger partial charge in [-0.3, -0.25) is 4.79 Å². The Morgan fingerprint density at radius 1 is 1.12 bits per heavy atom. The summed E-state index contributed by atoms with van der Waals surface area (Å²) < 4.78 is 5.37. The molecule has 0 spiro atoms. The Morgan fingerprint density at radius 2 is 2.00 bits per heavy atom. The van der Waals surface area contributed by atoms with E-state index in [2.05, 4.69) is 15.1 Å². The average molecular weight is 362 g/mol. The standard InChI is InChI=1S/C19H14N4O2S/c24-19(16-6-5-12-3-1-2-4-15(12)20-16)23-9-14(10-23)18-21-17(22-25-18)13-7-8-26-11-13/h1-8,11,14H,9-10H2. The van der Waals surface area contributed by atoms with Crippen LogP contribution in [0.2, 0.25) is 0 Å². The van der Waals surface area contributed by atoms with Crippen molar-refractivity contribution < 1.29 is 9.32 Å². The van der Waals surface area contributed by atoms with Gasteiger partial charge in [0.15, 0.2) is 0 Å². The number of aromatic nitrogens is 3. The van der Waals surface area contributed by atoms with Crippen LogP contribution in [0.25, 0.3) is 22.3 Å². The van der Waals surface area contributed by atoms with Crippen molar-refractivity contribution in [1.82, 2.24) is 20.0 Å². The molecule has 6 nitrogen and oxygen atoms in total. The van der Waals surface area contributed by atoms with Crippen molar-refractivity contribution >= 4 is 28.1 Å². The molecule has 0 N–H and O–H groups in total. The van der Waals surface area contributed by atoms with E-state index in [1.807, 2.05) is 47.2 Å². The van der Waals surface area contributed by atoms with Gasteiger partial charge in [-0.2, -0.15) is 16.3 Å². The van der Waals surface area contributed by atoms with Gasteiger partial charge in [0, 0.05) is 29.4 Å². The van der Waals surface area contributed by atoms with Crippen molar-refractivity contribution in [3.8, 4) is 11.4 Å². The van der Waals surface area contributed by atoms with Gasteiger partial charge in [0.1, 0.15) is 5.69 Å². The van der Waals surface area contributed by atoms with Crippen molar-refractivity contribution in [2.45, 2.75) is 5.92 Å². The Hall–Kier alpha value is -3.06. The maximum atomic E-state index is 12.6. The van der Waals surface area contributed by atoms with E-state index in [0.717, 1.165) is 16.5 Å². The highest BCUT2D eigenvalue weighted by molar-refractivity contribution is 7.08. The zero-order chi connectivity index (χ0) is 17.5. The number of thiophene rings is 1. The lowest BCUT2D eigenvalue weighted by Crippen LogP contribution is -2.48. The fourth-order valence-electron chi connectivity index (χ4n) is 3.06. The van der Waals surface area contributed by atoms with Crippen LogP contribution >= 0.6 is 11.3 Å². The van der Waals surface area contributed by atoms with E-state index < -0.39 is 0 Å². The first-order valence-electron chi connectivity index (χ1n) is 8.29. The number of hydrogen-bond donors (Lipinski definition) is 0. The first-order valence-corrected chi connectivity index (χ1v) is 9.23. The minimum Gasteiger partial charge on any atom is -0.339 e. The highest BCUT2D eigenvalue weighted by Crippen LogP contribution is 2.29. The lowest BCUT2D eigenvalue weighted by atomic mass is 9.99. The highest BCUT2D eigenvalue weighted by atomic mass is 32.1. The van der Waals surface area contributed by atoms with Crippen LogP contribution in [0.4, 0.5) is 0 Å². The van der Waals surface area contributed by atoms with Crippen molar-refractivity contribution in [3.05, 3.63) is 64.8 Å². The molecule has 1 fully saturated rings. The van der Waals surface area contributed by atoms with Crippen LogP contribution in [0.3, 0.4) is 0 Å². The van der Waals surface area contributed by atoms with E-state index in [0.29, 0.717) is 30.5 Å². The predicted molar refractivity (Wildman–Crippen MR) is 98.0 cm³/mol. The largest absolute Gasteiger partial charge is 0.339 e. The van der Waals surface area contributed by atoms with Crippen molar-refractivity contribution in [2.75, 3.05) is 13.1 Å². The second kappa shape index (κ2) is 6.03. The molecule has 1 aliphatic heterocycles. The third kappa shape index (κ3) is 2.57. The van der Waals surface area contributed by atoms with E-state index >= 15 is 0 Å². The molecule has 1 aliphatic rings. The minimum atomic E-state index is -0.0652. The number of benzene rings is 1. The van der Waals surface area contributed by atoms with Crippen LogP contribution in [0.1, 0.15) is 22.3 Å². The lowest BCUT2D eigenvalue weighted by molar-refractivity contribution is 0.0563. The molecule has 4 heterocycles. The summed E-state index contributed by atoms with van der Waals surface area (Å²) in [5.74, 6) is 1.20. The Kier molecular flexibility index (Phi) is 3.53. The molecular formula is C19H14N4O2S. The summed E-state index contributed by atoms with van der Waals surface area (Å²) in [6.07, 6.45) is 0. The third-order valence-electron chi connectivity index (χ3n) is 4.56. The molecule has 128 valence electrons. The molecule has 4 aromatic rings.